The SMILES string of the molecule is Cc1cc2c(cc1F)CC(=Nc1ncc(-c3ccc(CNCCCN)cc3)c(=O)[nH]1)N2. The number of fused-ring (bicyclic) bond motifs is 1. The van der Waals surface area contributed by atoms with Gasteiger partial charge in [0.25, 0.3) is 5.56 Å². The maximum Gasteiger partial charge on any atom is 0.260 e. The maximum atomic E-state index is 13.8. The molecular weight excluding hydrogens is 395 g/mol. The fourth-order valence-corrected chi connectivity index (χ4v) is 3.47. The zero-order valence-electron chi connectivity index (χ0n) is 17.3. The molecule has 160 valence electrons. The number of halogens is 1. The molecule has 7 nitrogen and oxygen atoms in total. The minimum atomic E-state index is -0.263. The van der Waals surface area contributed by atoms with Gasteiger partial charge in [0.1, 0.15) is 11.7 Å². The number of aromatic amines is 1. The monoisotopic (exact) mass is 420 g/mol. The molecule has 0 bridgehead atoms. The Labute approximate surface area is 179 Å². The van der Waals surface area contributed by atoms with E-state index in [4.69, 9.17) is 5.73 Å². The molecule has 0 fully saturated rings. The van der Waals surface area contributed by atoms with Crippen molar-refractivity contribution in [3.63, 3.8) is 0 Å². The third-order valence-corrected chi connectivity index (χ3v) is 5.20. The Morgan fingerprint density at radius 1 is 1.26 bits per heavy atom. The lowest BCUT2D eigenvalue weighted by atomic mass is 10.1. The van der Waals surface area contributed by atoms with E-state index in [0.717, 1.165) is 41.9 Å². The number of anilines is 1. The lowest BCUT2D eigenvalue weighted by Gasteiger charge is -2.06. The lowest BCUT2D eigenvalue weighted by molar-refractivity contribution is 0.617. The zero-order chi connectivity index (χ0) is 21.8. The van der Waals surface area contributed by atoms with E-state index < -0.39 is 0 Å². The van der Waals surface area contributed by atoms with Crippen molar-refractivity contribution in [1.82, 2.24) is 15.3 Å². The summed E-state index contributed by atoms with van der Waals surface area (Å²) in [5.41, 5.74) is 9.85. The second-order valence-corrected chi connectivity index (χ2v) is 7.58. The van der Waals surface area contributed by atoms with Crippen molar-refractivity contribution in [3.05, 3.63) is 75.5 Å². The molecule has 31 heavy (non-hydrogen) atoms. The van der Waals surface area contributed by atoms with Gasteiger partial charge in [0, 0.05) is 24.8 Å². The summed E-state index contributed by atoms with van der Waals surface area (Å²) in [6, 6.07) is 11.0. The summed E-state index contributed by atoms with van der Waals surface area (Å²) >= 11 is 0. The number of aromatic nitrogens is 2. The molecule has 0 radical (unpaired) electrons. The smallest absolute Gasteiger partial charge is 0.260 e. The van der Waals surface area contributed by atoms with E-state index in [1.165, 1.54) is 12.3 Å². The number of rotatable bonds is 7. The summed E-state index contributed by atoms with van der Waals surface area (Å²) in [7, 11) is 0. The Morgan fingerprint density at radius 3 is 2.81 bits per heavy atom. The molecule has 1 aromatic heterocycles. The number of aryl methyl sites for hydroxylation is 1. The molecule has 4 rings (SSSR count). The first-order chi connectivity index (χ1) is 15.0. The number of hydrogen-bond acceptors (Lipinski definition) is 5. The van der Waals surface area contributed by atoms with Crippen LogP contribution in [0.25, 0.3) is 11.1 Å². The first-order valence-electron chi connectivity index (χ1n) is 10.3. The molecule has 1 aliphatic rings. The Kier molecular flexibility index (Phi) is 6.20. The van der Waals surface area contributed by atoms with Gasteiger partial charge in [-0.2, -0.15) is 4.99 Å². The zero-order valence-corrected chi connectivity index (χ0v) is 17.3. The van der Waals surface area contributed by atoms with Crippen LogP contribution in [-0.2, 0) is 13.0 Å². The topological polar surface area (TPSA) is 108 Å². The van der Waals surface area contributed by atoms with Crippen LogP contribution >= 0.6 is 0 Å². The number of hydrogen-bond donors (Lipinski definition) is 4. The molecule has 8 heteroatoms. The second-order valence-electron chi connectivity index (χ2n) is 7.58. The molecule has 0 atom stereocenters. The van der Waals surface area contributed by atoms with Gasteiger partial charge in [-0.05, 0) is 60.8 Å². The van der Waals surface area contributed by atoms with Crippen molar-refractivity contribution in [2.24, 2.45) is 10.7 Å². The van der Waals surface area contributed by atoms with Gasteiger partial charge < -0.3 is 16.4 Å². The summed E-state index contributed by atoms with van der Waals surface area (Å²) in [6.07, 6.45) is 2.92. The highest BCUT2D eigenvalue weighted by Crippen LogP contribution is 2.27. The molecule has 0 amide bonds. The van der Waals surface area contributed by atoms with Gasteiger partial charge in [0.2, 0.25) is 5.95 Å². The van der Waals surface area contributed by atoms with Crippen LogP contribution in [0.5, 0.6) is 0 Å². The third kappa shape index (κ3) is 4.87. The molecule has 0 aliphatic carbocycles. The Hall–Kier alpha value is -3.36. The van der Waals surface area contributed by atoms with Crippen molar-refractivity contribution >= 4 is 17.5 Å². The summed E-state index contributed by atoms with van der Waals surface area (Å²) in [5.74, 6) is 0.583. The summed E-state index contributed by atoms with van der Waals surface area (Å²) in [4.78, 5) is 24.0. The summed E-state index contributed by atoms with van der Waals surface area (Å²) < 4.78 is 13.8. The van der Waals surface area contributed by atoms with Gasteiger partial charge in [-0.25, -0.2) is 9.37 Å². The standard InChI is InChI=1S/C23H25FN6O/c1-14-9-20-17(10-19(14)24)11-21(28-20)29-23-27-13-18(22(31)30-23)16-5-3-15(4-6-16)12-26-8-2-7-25/h3-6,9-10,13,26H,2,7-8,11-12,25H2,1H3,(H2,27,28,29,30,31). The normalized spacial score (nSPS) is 14.0. The third-order valence-electron chi connectivity index (χ3n) is 5.20. The van der Waals surface area contributed by atoms with Crippen LogP contribution in [0.2, 0.25) is 0 Å². The van der Waals surface area contributed by atoms with Crippen LogP contribution in [0.15, 0.2) is 52.4 Å². The Bertz CT molecular complexity index is 1140. The van der Waals surface area contributed by atoms with Gasteiger partial charge in [0.05, 0.1) is 5.56 Å². The first kappa shape index (κ1) is 20.9. The molecule has 1 aliphatic heterocycles. The van der Waals surface area contributed by atoms with E-state index in [2.05, 4.69) is 25.6 Å². The molecule has 0 saturated heterocycles. The van der Waals surface area contributed by atoms with Gasteiger partial charge in [-0.15, -0.1) is 0 Å². The van der Waals surface area contributed by atoms with Crippen LogP contribution in [-0.4, -0.2) is 28.9 Å². The van der Waals surface area contributed by atoms with E-state index >= 15 is 0 Å². The van der Waals surface area contributed by atoms with Gasteiger partial charge in [-0.3, -0.25) is 9.78 Å². The molecule has 3 aromatic rings. The average molecular weight is 420 g/mol. The largest absolute Gasteiger partial charge is 0.343 e. The predicted octanol–water partition coefficient (Wildman–Crippen LogP) is 3.02. The van der Waals surface area contributed by atoms with Gasteiger partial charge in [0.15, 0.2) is 0 Å². The predicted molar refractivity (Wildman–Crippen MR) is 121 cm³/mol. The number of nitrogens with two attached hydrogens (primary N) is 1. The van der Waals surface area contributed by atoms with Crippen molar-refractivity contribution in [3.8, 4) is 11.1 Å². The number of H-pyrrole nitrogens is 1. The molecule has 2 aromatic carbocycles. The van der Waals surface area contributed by atoms with E-state index in [0.29, 0.717) is 29.9 Å². The van der Waals surface area contributed by atoms with Crippen LogP contribution in [0.4, 0.5) is 16.0 Å². The van der Waals surface area contributed by atoms with E-state index in [1.54, 1.807) is 13.0 Å². The quantitative estimate of drug-likeness (QED) is 0.440. The Morgan fingerprint density at radius 2 is 2.06 bits per heavy atom. The molecule has 0 spiro atoms. The summed E-state index contributed by atoms with van der Waals surface area (Å²) in [6.45, 7) is 4.02. The summed E-state index contributed by atoms with van der Waals surface area (Å²) in [5, 5.41) is 6.48. The Balaban J connectivity index is 1.46. The van der Waals surface area contributed by atoms with Crippen molar-refractivity contribution < 1.29 is 4.39 Å². The molecule has 5 N–H and O–H groups in total. The van der Waals surface area contributed by atoms with E-state index in [9.17, 15) is 9.18 Å². The maximum absolute atomic E-state index is 13.8. The minimum absolute atomic E-state index is 0.210. The minimum Gasteiger partial charge on any atom is -0.343 e. The second kappa shape index (κ2) is 9.20. The van der Waals surface area contributed by atoms with Crippen LogP contribution in [0.1, 0.15) is 23.1 Å². The number of amidine groups is 1. The van der Waals surface area contributed by atoms with Crippen molar-refractivity contribution in [2.75, 3.05) is 18.4 Å². The fourth-order valence-electron chi connectivity index (χ4n) is 3.47. The average Bonchev–Trinajstić information content (AvgIpc) is 3.13. The number of benzene rings is 2. The van der Waals surface area contributed by atoms with Crippen LogP contribution < -0.4 is 21.9 Å². The van der Waals surface area contributed by atoms with Gasteiger partial charge in [-0.1, -0.05) is 24.3 Å². The molecule has 0 unspecified atom stereocenters. The molecule has 0 saturated carbocycles. The van der Waals surface area contributed by atoms with Crippen LogP contribution in [0, 0.1) is 12.7 Å². The lowest BCUT2D eigenvalue weighted by Crippen LogP contribution is -2.17. The van der Waals surface area contributed by atoms with Crippen molar-refractivity contribution in [2.45, 2.75) is 26.3 Å². The number of nitrogens with zero attached hydrogens (tertiary/aromatic N) is 2. The van der Waals surface area contributed by atoms with E-state index in [1.807, 2.05) is 24.3 Å². The van der Waals surface area contributed by atoms with E-state index in [-0.39, 0.29) is 17.3 Å². The number of aliphatic imine (C=N–C) groups is 1. The molecule has 2 heterocycles. The molecular formula is C23H25FN6O. The van der Waals surface area contributed by atoms with Gasteiger partial charge >= 0.3 is 0 Å². The van der Waals surface area contributed by atoms with Crippen LogP contribution in [0.3, 0.4) is 0 Å². The highest BCUT2D eigenvalue weighted by molar-refractivity contribution is 6.04. The number of nitrogens with one attached hydrogen (secondary N) is 3. The first-order valence-corrected chi connectivity index (χ1v) is 10.3. The highest BCUT2D eigenvalue weighted by Gasteiger charge is 2.18. The fraction of sp³-hybridized carbons (Fsp3) is 0.261. The van der Waals surface area contributed by atoms with Crippen molar-refractivity contribution in [1.29, 1.82) is 0 Å². The highest BCUT2D eigenvalue weighted by atomic mass is 19.1.